The number of rotatable bonds is 7. The molecule has 0 unspecified atom stereocenters. The van der Waals surface area contributed by atoms with Crippen molar-refractivity contribution in [2.24, 2.45) is 23.7 Å². The highest BCUT2D eigenvalue weighted by Gasteiger charge is 2.23. The van der Waals surface area contributed by atoms with E-state index < -0.39 is 0 Å². The van der Waals surface area contributed by atoms with E-state index in [-0.39, 0.29) is 0 Å². The fourth-order valence-corrected chi connectivity index (χ4v) is 11.7. The van der Waals surface area contributed by atoms with Gasteiger partial charge in [-0.3, -0.25) is 0 Å². The first-order valence-corrected chi connectivity index (χ1v) is 26.7. The molecule has 0 heteroatoms. The third-order valence-corrected chi connectivity index (χ3v) is 16.7. The third kappa shape index (κ3) is 13.3. The summed E-state index contributed by atoms with van der Waals surface area (Å²) in [5, 5.41) is 0. The standard InChI is InChI=1S/C26H34.2C20H24/c1-19-3-7-21(8-4-19)23-11-15-25(16-12-23)26-17-13-24(14-18-26)22-9-5-20(2)6-10-22;2*1-15-3-7-17(8-4-15)19-11-13-20(14-12-19)18-9-5-16(2)6-10-18/h11-22H,3-10H2,1-2H3;2*3-4,7-8,11-14,16,18H,5-6,9-10H2,1-2H3. The van der Waals surface area contributed by atoms with E-state index in [2.05, 4.69) is 187 Å². The molecule has 0 heterocycles. The molecule has 346 valence electrons. The summed E-state index contributed by atoms with van der Waals surface area (Å²) in [5.74, 6) is 6.87. The third-order valence-electron chi connectivity index (χ3n) is 16.7. The second-order valence-corrected chi connectivity index (χ2v) is 22.0. The molecule has 0 saturated heterocycles. The molecule has 4 saturated carbocycles. The van der Waals surface area contributed by atoms with E-state index in [1.165, 1.54) is 158 Å². The van der Waals surface area contributed by atoms with Crippen molar-refractivity contribution < 1.29 is 0 Å². The van der Waals surface area contributed by atoms with Gasteiger partial charge in [-0.15, -0.1) is 0 Å². The Morgan fingerprint density at radius 1 is 0.212 bits per heavy atom. The number of benzene rings is 6. The first-order valence-electron chi connectivity index (χ1n) is 26.7. The maximum Gasteiger partial charge on any atom is -0.0162 e. The highest BCUT2D eigenvalue weighted by atomic mass is 14.3. The second kappa shape index (κ2) is 23.4. The Morgan fingerprint density at radius 3 is 0.530 bits per heavy atom. The number of hydrogen-bond donors (Lipinski definition) is 0. The molecule has 0 N–H and O–H groups in total. The van der Waals surface area contributed by atoms with Crippen LogP contribution in [0.1, 0.15) is 187 Å². The van der Waals surface area contributed by atoms with E-state index in [1.54, 1.807) is 11.1 Å². The van der Waals surface area contributed by atoms with Crippen LogP contribution < -0.4 is 0 Å². The highest BCUT2D eigenvalue weighted by molar-refractivity contribution is 5.66. The van der Waals surface area contributed by atoms with Crippen LogP contribution in [0.5, 0.6) is 0 Å². The minimum Gasteiger partial charge on any atom is -0.0625 e. The predicted molar refractivity (Wildman–Crippen MR) is 287 cm³/mol. The van der Waals surface area contributed by atoms with Crippen LogP contribution in [0.4, 0.5) is 0 Å². The van der Waals surface area contributed by atoms with Gasteiger partial charge in [0.2, 0.25) is 0 Å². The van der Waals surface area contributed by atoms with Gasteiger partial charge in [0.25, 0.3) is 0 Å². The first kappa shape index (κ1) is 47.8. The van der Waals surface area contributed by atoms with Gasteiger partial charge in [-0.2, -0.15) is 0 Å². The van der Waals surface area contributed by atoms with Crippen LogP contribution >= 0.6 is 0 Å². The smallest absolute Gasteiger partial charge is 0.0162 e. The quantitative estimate of drug-likeness (QED) is 0.150. The predicted octanol–water partition coefficient (Wildman–Crippen LogP) is 19.9. The van der Waals surface area contributed by atoms with Crippen molar-refractivity contribution >= 4 is 0 Å². The Kier molecular flexibility index (Phi) is 16.9. The van der Waals surface area contributed by atoms with Gasteiger partial charge in [-0.25, -0.2) is 0 Å². The molecule has 6 aromatic rings. The Bertz CT molecular complexity index is 2130. The molecular formula is C66H82. The van der Waals surface area contributed by atoms with E-state index in [9.17, 15) is 0 Å². The SMILES string of the molecule is CC1CCC(c2ccc(-c3ccc(C4CCC(C)CC4)cc3)cc2)CC1.Cc1ccc(-c2ccc(C3CCC(C)CC3)cc2)cc1.Cc1ccc(-c2ccc(C3CCC(C)CC3)cc2)cc1. The maximum atomic E-state index is 2.40. The summed E-state index contributed by atoms with van der Waals surface area (Å²) in [5.41, 5.74) is 16.8. The van der Waals surface area contributed by atoms with Crippen LogP contribution in [-0.2, 0) is 0 Å². The molecule has 4 aliphatic rings. The Hall–Kier alpha value is -4.68. The van der Waals surface area contributed by atoms with Gasteiger partial charge in [-0.1, -0.05) is 236 Å². The molecule has 4 fully saturated rings. The summed E-state index contributed by atoms with van der Waals surface area (Å²) in [6.45, 7) is 13.8. The molecule has 0 nitrogen and oxygen atoms in total. The molecule has 10 rings (SSSR count). The first-order chi connectivity index (χ1) is 32.1. The van der Waals surface area contributed by atoms with Gasteiger partial charge >= 0.3 is 0 Å². The summed E-state index contributed by atoms with van der Waals surface area (Å²) >= 11 is 0. The number of hydrogen-bond acceptors (Lipinski definition) is 0. The summed E-state index contributed by atoms with van der Waals surface area (Å²) in [6.07, 6.45) is 22.1. The minimum atomic E-state index is 0.788. The van der Waals surface area contributed by atoms with E-state index in [0.717, 1.165) is 47.3 Å². The fraction of sp³-hybridized carbons (Fsp3) is 0.455. The largest absolute Gasteiger partial charge is 0.0625 e. The van der Waals surface area contributed by atoms with Crippen molar-refractivity contribution in [3.63, 3.8) is 0 Å². The van der Waals surface area contributed by atoms with Gasteiger partial charge in [0.05, 0.1) is 0 Å². The van der Waals surface area contributed by atoms with Crippen LogP contribution in [0.3, 0.4) is 0 Å². The lowest BCUT2D eigenvalue weighted by atomic mass is 9.79. The molecule has 0 atom stereocenters. The molecule has 0 spiro atoms. The molecule has 6 aromatic carbocycles. The number of aryl methyl sites for hydroxylation is 2. The van der Waals surface area contributed by atoms with Crippen molar-refractivity contribution in [3.8, 4) is 33.4 Å². The molecule has 66 heavy (non-hydrogen) atoms. The van der Waals surface area contributed by atoms with Crippen molar-refractivity contribution in [1.82, 2.24) is 0 Å². The van der Waals surface area contributed by atoms with E-state index in [0.29, 0.717) is 0 Å². The summed E-state index contributed by atoms with van der Waals surface area (Å²) < 4.78 is 0. The van der Waals surface area contributed by atoms with Crippen LogP contribution in [0.15, 0.2) is 146 Å². The molecule has 0 aromatic heterocycles. The van der Waals surface area contributed by atoms with Crippen molar-refractivity contribution in [2.45, 2.75) is 168 Å². The molecule has 0 radical (unpaired) electrons. The van der Waals surface area contributed by atoms with Crippen molar-refractivity contribution in [3.05, 3.63) is 179 Å². The van der Waals surface area contributed by atoms with Crippen LogP contribution in [0.2, 0.25) is 0 Å². The lowest BCUT2D eigenvalue weighted by Crippen LogP contribution is -2.10. The second-order valence-electron chi connectivity index (χ2n) is 22.0. The van der Waals surface area contributed by atoms with Crippen LogP contribution in [0, 0.1) is 37.5 Å². The molecule has 4 aliphatic carbocycles. The van der Waals surface area contributed by atoms with Gasteiger partial charge in [0.15, 0.2) is 0 Å². The van der Waals surface area contributed by atoms with E-state index >= 15 is 0 Å². The van der Waals surface area contributed by atoms with Gasteiger partial charge in [-0.05, 0) is 168 Å². The monoisotopic (exact) mass is 875 g/mol. The maximum absolute atomic E-state index is 2.40. The Labute approximate surface area is 402 Å². The van der Waals surface area contributed by atoms with Gasteiger partial charge < -0.3 is 0 Å². The molecular weight excluding hydrogens is 793 g/mol. The lowest BCUT2D eigenvalue weighted by molar-refractivity contribution is 0.348. The zero-order valence-electron chi connectivity index (χ0n) is 41.8. The average Bonchev–Trinajstić information content (AvgIpc) is 3.36. The van der Waals surface area contributed by atoms with Gasteiger partial charge in [0, 0.05) is 0 Å². The van der Waals surface area contributed by atoms with Crippen LogP contribution in [-0.4, -0.2) is 0 Å². The molecule has 0 bridgehead atoms. The van der Waals surface area contributed by atoms with Crippen LogP contribution in [0.25, 0.3) is 33.4 Å². The topological polar surface area (TPSA) is 0 Å². The normalized spacial score (nSPS) is 25.4. The molecule has 0 aliphatic heterocycles. The zero-order valence-corrected chi connectivity index (χ0v) is 41.8. The highest BCUT2D eigenvalue weighted by Crippen LogP contribution is 2.40. The van der Waals surface area contributed by atoms with E-state index in [1.807, 2.05) is 0 Å². The lowest BCUT2D eigenvalue weighted by Gasteiger charge is -2.27. The summed E-state index contributed by atoms with van der Waals surface area (Å²) in [6, 6.07) is 55.0. The fourth-order valence-electron chi connectivity index (χ4n) is 11.7. The molecule has 0 amide bonds. The van der Waals surface area contributed by atoms with Crippen molar-refractivity contribution in [2.75, 3.05) is 0 Å². The minimum absolute atomic E-state index is 0.788. The summed E-state index contributed by atoms with van der Waals surface area (Å²) in [4.78, 5) is 0. The zero-order chi connectivity index (χ0) is 45.8. The average molecular weight is 875 g/mol. The summed E-state index contributed by atoms with van der Waals surface area (Å²) in [7, 11) is 0. The van der Waals surface area contributed by atoms with Gasteiger partial charge in [0.1, 0.15) is 0 Å². The van der Waals surface area contributed by atoms with Crippen molar-refractivity contribution in [1.29, 1.82) is 0 Å². The Balaban J connectivity index is 0.000000136. The Morgan fingerprint density at radius 2 is 0.364 bits per heavy atom. The van der Waals surface area contributed by atoms with E-state index in [4.69, 9.17) is 0 Å².